The summed E-state index contributed by atoms with van der Waals surface area (Å²) >= 11 is 0.898. The molecule has 2 aromatic rings. The molecule has 0 saturated heterocycles. The lowest BCUT2D eigenvalue weighted by Gasteiger charge is -2.06. The number of aryl methyl sites for hydroxylation is 1. The van der Waals surface area contributed by atoms with Gasteiger partial charge >= 0.3 is 5.97 Å². The van der Waals surface area contributed by atoms with E-state index in [9.17, 15) is 13.2 Å². The van der Waals surface area contributed by atoms with Crippen LogP contribution in [0.5, 0.6) is 0 Å². The number of carboxylic acid groups (broad SMARTS) is 1. The molecule has 21 heavy (non-hydrogen) atoms. The van der Waals surface area contributed by atoms with Gasteiger partial charge in [-0.1, -0.05) is 0 Å². The maximum atomic E-state index is 12.0. The van der Waals surface area contributed by atoms with E-state index in [2.05, 4.69) is 9.71 Å². The third-order valence-corrected chi connectivity index (χ3v) is 5.34. The highest BCUT2D eigenvalue weighted by molar-refractivity contribution is 7.89. The Morgan fingerprint density at radius 1 is 1.43 bits per heavy atom. The summed E-state index contributed by atoms with van der Waals surface area (Å²) in [5, 5.41) is 10.4. The number of thiophene rings is 1. The van der Waals surface area contributed by atoms with E-state index in [1.165, 1.54) is 11.4 Å². The molecule has 0 radical (unpaired) electrons. The number of rotatable bonds is 8. The van der Waals surface area contributed by atoms with Crippen molar-refractivity contribution in [3.63, 3.8) is 0 Å². The zero-order valence-corrected chi connectivity index (χ0v) is 12.7. The number of carboxylic acids is 1. The van der Waals surface area contributed by atoms with E-state index in [0.29, 0.717) is 6.42 Å². The van der Waals surface area contributed by atoms with Crippen LogP contribution in [0.25, 0.3) is 0 Å². The number of unbranched alkanes of at least 4 members (excludes halogenated alkanes) is 1. The van der Waals surface area contributed by atoms with Crippen molar-refractivity contribution >= 4 is 27.3 Å². The molecule has 0 aliphatic heterocycles. The summed E-state index contributed by atoms with van der Waals surface area (Å²) in [7, 11) is -3.77. The van der Waals surface area contributed by atoms with Crippen LogP contribution in [0.4, 0.5) is 0 Å². The summed E-state index contributed by atoms with van der Waals surface area (Å²) < 4.78 is 28.4. The lowest BCUT2D eigenvalue weighted by atomic mass is 10.3. The second-order valence-corrected chi connectivity index (χ2v) is 6.98. The third-order valence-electron chi connectivity index (χ3n) is 2.81. The number of carbonyl (C=O) groups is 1. The Bertz CT molecular complexity index is 692. The van der Waals surface area contributed by atoms with Gasteiger partial charge in [-0.15, -0.1) is 11.3 Å². The van der Waals surface area contributed by atoms with Crippen molar-refractivity contribution in [1.82, 2.24) is 14.3 Å². The molecule has 0 aliphatic carbocycles. The SMILES string of the molecule is O=C(O)c1sccc1S(=O)(=O)NCCCCn1ccnc1. The van der Waals surface area contributed by atoms with Gasteiger partial charge in [-0.2, -0.15) is 0 Å². The van der Waals surface area contributed by atoms with Crippen LogP contribution in [0.15, 0.2) is 35.1 Å². The molecule has 2 N–H and O–H groups in total. The topological polar surface area (TPSA) is 101 Å². The van der Waals surface area contributed by atoms with Gasteiger partial charge in [0.25, 0.3) is 0 Å². The fourth-order valence-corrected chi connectivity index (χ4v) is 4.12. The number of nitrogens with zero attached hydrogens (tertiary/aromatic N) is 2. The molecule has 0 saturated carbocycles. The molecular formula is C12H15N3O4S2. The van der Waals surface area contributed by atoms with Gasteiger partial charge < -0.3 is 9.67 Å². The molecule has 2 aromatic heterocycles. The molecule has 0 aromatic carbocycles. The van der Waals surface area contributed by atoms with E-state index in [1.54, 1.807) is 12.5 Å². The largest absolute Gasteiger partial charge is 0.477 e. The Morgan fingerprint density at radius 3 is 2.90 bits per heavy atom. The molecule has 0 atom stereocenters. The van der Waals surface area contributed by atoms with Gasteiger partial charge in [0.1, 0.15) is 9.77 Å². The highest BCUT2D eigenvalue weighted by Gasteiger charge is 2.23. The first-order valence-corrected chi connectivity index (χ1v) is 8.63. The van der Waals surface area contributed by atoms with E-state index in [1.807, 2.05) is 10.8 Å². The van der Waals surface area contributed by atoms with E-state index in [-0.39, 0.29) is 16.3 Å². The second kappa shape index (κ2) is 6.83. The summed E-state index contributed by atoms with van der Waals surface area (Å²) in [5.41, 5.74) is 0. The smallest absolute Gasteiger partial charge is 0.347 e. The van der Waals surface area contributed by atoms with Crippen LogP contribution in [-0.2, 0) is 16.6 Å². The lowest BCUT2D eigenvalue weighted by molar-refractivity contribution is 0.0698. The maximum Gasteiger partial charge on any atom is 0.347 e. The van der Waals surface area contributed by atoms with E-state index in [4.69, 9.17) is 5.11 Å². The first-order valence-electron chi connectivity index (χ1n) is 6.27. The Morgan fingerprint density at radius 2 is 2.24 bits per heavy atom. The van der Waals surface area contributed by atoms with Crippen molar-refractivity contribution < 1.29 is 18.3 Å². The van der Waals surface area contributed by atoms with E-state index >= 15 is 0 Å². The molecule has 114 valence electrons. The first-order chi connectivity index (χ1) is 10.0. The normalized spacial score (nSPS) is 11.6. The van der Waals surface area contributed by atoms with Crippen LogP contribution in [0.2, 0.25) is 0 Å². The molecule has 0 amide bonds. The average molecular weight is 329 g/mol. The predicted octanol–water partition coefficient (Wildman–Crippen LogP) is 1.40. The number of aromatic nitrogens is 2. The van der Waals surface area contributed by atoms with Gasteiger partial charge in [0, 0.05) is 25.5 Å². The molecular weight excluding hydrogens is 314 g/mol. The van der Waals surface area contributed by atoms with E-state index < -0.39 is 16.0 Å². The molecule has 0 spiro atoms. The van der Waals surface area contributed by atoms with Crippen molar-refractivity contribution in [1.29, 1.82) is 0 Å². The quantitative estimate of drug-likeness (QED) is 0.713. The van der Waals surface area contributed by atoms with Gasteiger partial charge in [0.15, 0.2) is 0 Å². The Kier molecular flexibility index (Phi) is 5.10. The summed E-state index contributed by atoms with van der Waals surface area (Å²) in [5.74, 6) is -1.23. The van der Waals surface area contributed by atoms with Crippen molar-refractivity contribution in [2.75, 3.05) is 6.54 Å². The zero-order chi connectivity index (χ0) is 15.3. The van der Waals surface area contributed by atoms with Crippen LogP contribution >= 0.6 is 11.3 Å². The van der Waals surface area contributed by atoms with Crippen LogP contribution in [0, 0.1) is 0 Å². The fourth-order valence-electron chi connectivity index (χ4n) is 1.79. The Labute approximate surface area is 126 Å². The minimum absolute atomic E-state index is 0.166. The zero-order valence-electron chi connectivity index (χ0n) is 11.1. The number of hydrogen-bond donors (Lipinski definition) is 2. The molecule has 0 aliphatic rings. The second-order valence-electron chi connectivity index (χ2n) is 4.32. The van der Waals surface area contributed by atoms with Crippen LogP contribution in [-0.4, -0.2) is 35.6 Å². The molecule has 9 heteroatoms. The van der Waals surface area contributed by atoms with Crippen molar-refractivity contribution in [2.45, 2.75) is 24.3 Å². The maximum absolute atomic E-state index is 12.0. The number of aromatic carboxylic acids is 1. The fraction of sp³-hybridized carbons (Fsp3) is 0.333. The summed E-state index contributed by atoms with van der Waals surface area (Å²) in [6.45, 7) is 1.03. The lowest BCUT2D eigenvalue weighted by Crippen LogP contribution is -2.25. The van der Waals surface area contributed by atoms with Crippen LogP contribution in [0.1, 0.15) is 22.5 Å². The van der Waals surface area contributed by atoms with Crippen molar-refractivity contribution in [3.8, 4) is 0 Å². The van der Waals surface area contributed by atoms with Crippen molar-refractivity contribution in [2.24, 2.45) is 0 Å². The predicted molar refractivity (Wildman–Crippen MR) is 77.9 cm³/mol. The molecule has 7 nitrogen and oxygen atoms in total. The molecule has 2 heterocycles. The monoisotopic (exact) mass is 329 g/mol. The summed E-state index contributed by atoms with van der Waals surface area (Å²) in [4.78, 5) is 14.5. The molecule has 0 bridgehead atoms. The molecule has 2 rings (SSSR count). The van der Waals surface area contributed by atoms with Gasteiger partial charge in [0.05, 0.1) is 6.33 Å². The average Bonchev–Trinajstić information content (AvgIpc) is 3.09. The van der Waals surface area contributed by atoms with Crippen molar-refractivity contribution in [3.05, 3.63) is 35.0 Å². The van der Waals surface area contributed by atoms with Gasteiger partial charge in [-0.3, -0.25) is 0 Å². The van der Waals surface area contributed by atoms with E-state index in [0.717, 1.165) is 24.3 Å². The Balaban J connectivity index is 1.84. The first kappa shape index (κ1) is 15.7. The number of imidazole rings is 1. The standard InChI is InChI=1S/C12H15N3O4S2/c16-12(17)11-10(3-8-20-11)21(18,19)14-4-1-2-6-15-7-5-13-9-15/h3,5,7-9,14H,1-2,4,6H2,(H,16,17). The highest BCUT2D eigenvalue weighted by atomic mass is 32.2. The van der Waals surface area contributed by atoms with Gasteiger partial charge in [0.2, 0.25) is 10.0 Å². The molecule has 0 unspecified atom stereocenters. The highest BCUT2D eigenvalue weighted by Crippen LogP contribution is 2.21. The van der Waals surface area contributed by atoms with Crippen LogP contribution in [0.3, 0.4) is 0 Å². The van der Waals surface area contributed by atoms with Gasteiger partial charge in [-0.05, 0) is 24.3 Å². The minimum Gasteiger partial charge on any atom is -0.477 e. The Hall–Kier alpha value is -1.71. The van der Waals surface area contributed by atoms with Gasteiger partial charge in [-0.25, -0.2) is 22.9 Å². The van der Waals surface area contributed by atoms with Crippen LogP contribution < -0.4 is 4.72 Å². The number of hydrogen-bond acceptors (Lipinski definition) is 5. The summed E-state index contributed by atoms with van der Waals surface area (Å²) in [6, 6.07) is 1.31. The molecule has 0 fully saturated rings. The summed E-state index contributed by atoms with van der Waals surface area (Å²) in [6.07, 6.45) is 6.69. The minimum atomic E-state index is -3.77. The number of sulfonamides is 1. The third kappa shape index (κ3) is 4.13. The number of nitrogens with one attached hydrogen (secondary N) is 1.